The number of carbonyl (C=O) groups is 3. The second kappa shape index (κ2) is 11.1. The Morgan fingerprint density at radius 3 is 2.48 bits per heavy atom. The number of esters is 2. The standard InChI is InChI=1S/C20H29NO5S/c1-3-25-18(22)12-11-15(20(24)26-4-2)21-19(23)17-13-14-9-7-5-6-8-10-16(14)27-17/h13,15H,3-12H2,1-2H3,(H,21,23)/t15-/m0/s1. The third-order valence-corrected chi connectivity index (χ3v) is 5.78. The van der Waals surface area contributed by atoms with Gasteiger partial charge in [0.1, 0.15) is 6.04 Å². The first-order valence-electron chi connectivity index (χ1n) is 9.79. The number of aryl methyl sites for hydroxylation is 2. The van der Waals surface area contributed by atoms with Crippen molar-refractivity contribution in [1.29, 1.82) is 0 Å². The molecule has 6 nitrogen and oxygen atoms in total. The quantitative estimate of drug-likeness (QED) is 0.682. The first-order valence-corrected chi connectivity index (χ1v) is 10.6. The van der Waals surface area contributed by atoms with Gasteiger partial charge in [-0.2, -0.15) is 0 Å². The topological polar surface area (TPSA) is 81.7 Å². The highest BCUT2D eigenvalue weighted by Crippen LogP contribution is 2.28. The summed E-state index contributed by atoms with van der Waals surface area (Å²) < 4.78 is 9.94. The van der Waals surface area contributed by atoms with E-state index in [-0.39, 0.29) is 37.9 Å². The van der Waals surface area contributed by atoms with Gasteiger partial charge in [-0.1, -0.05) is 12.8 Å². The fourth-order valence-electron chi connectivity index (χ4n) is 3.17. The summed E-state index contributed by atoms with van der Waals surface area (Å²) in [6.07, 6.45) is 7.00. The van der Waals surface area contributed by atoms with Gasteiger partial charge in [0.25, 0.3) is 5.91 Å². The SMILES string of the molecule is CCOC(=O)CC[C@H](NC(=O)c1cc2c(s1)CCCCCC2)C(=O)OCC. The Labute approximate surface area is 164 Å². The molecule has 2 rings (SSSR count). The van der Waals surface area contributed by atoms with Crippen LogP contribution >= 0.6 is 11.3 Å². The number of ether oxygens (including phenoxy) is 2. The van der Waals surface area contributed by atoms with E-state index in [1.165, 1.54) is 34.6 Å². The number of thiophene rings is 1. The van der Waals surface area contributed by atoms with Gasteiger partial charge in [-0.15, -0.1) is 11.3 Å². The van der Waals surface area contributed by atoms with E-state index in [2.05, 4.69) is 5.32 Å². The summed E-state index contributed by atoms with van der Waals surface area (Å²) in [5.74, 6) is -1.20. The van der Waals surface area contributed by atoms with E-state index < -0.39 is 12.0 Å². The highest BCUT2D eigenvalue weighted by atomic mass is 32.1. The van der Waals surface area contributed by atoms with Gasteiger partial charge in [-0.25, -0.2) is 4.79 Å². The average molecular weight is 396 g/mol. The van der Waals surface area contributed by atoms with Crippen molar-refractivity contribution in [3.63, 3.8) is 0 Å². The maximum absolute atomic E-state index is 12.7. The van der Waals surface area contributed by atoms with Crippen molar-refractivity contribution in [2.24, 2.45) is 0 Å². The zero-order valence-electron chi connectivity index (χ0n) is 16.2. The van der Waals surface area contributed by atoms with E-state index in [1.54, 1.807) is 13.8 Å². The average Bonchev–Trinajstić information content (AvgIpc) is 3.01. The van der Waals surface area contributed by atoms with Crippen LogP contribution in [0.2, 0.25) is 0 Å². The van der Waals surface area contributed by atoms with E-state index in [9.17, 15) is 14.4 Å². The molecule has 0 bridgehead atoms. The largest absolute Gasteiger partial charge is 0.466 e. The van der Waals surface area contributed by atoms with Gasteiger partial charge in [0.15, 0.2) is 0 Å². The summed E-state index contributed by atoms with van der Waals surface area (Å²) in [6.45, 7) is 3.95. The van der Waals surface area contributed by atoms with Crippen molar-refractivity contribution in [3.05, 3.63) is 21.4 Å². The van der Waals surface area contributed by atoms with Crippen molar-refractivity contribution < 1.29 is 23.9 Å². The molecular formula is C20H29NO5S. The Morgan fingerprint density at radius 1 is 1.07 bits per heavy atom. The Morgan fingerprint density at radius 2 is 1.78 bits per heavy atom. The normalized spacial score (nSPS) is 15.0. The zero-order valence-corrected chi connectivity index (χ0v) is 17.0. The molecule has 0 aliphatic heterocycles. The summed E-state index contributed by atoms with van der Waals surface area (Å²) in [4.78, 5) is 38.4. The smallest absolute Gasteiger partial charge is 0.328 e. The number of amides is 1. The molecule has 150 valence electrons. The monoisotopic (exact) mass is 395 g/mol. The predicted octanol–water partition coefficient (Wildman–Crippen LogP) is 3.41. The molecule has 0 spiro atoms. The maximum Gasteiger partial charge on any atom is 0.328 e. The summed E-state index contributed by atoms with van der Waals surface area (Å²) in [5, 5.41) is 2.74. The van der Waals surface area contributed by atoms with Crippen LogP contribution in [0.1, 0.15) is 72.5 Å². The van der Waals surface area contributed by atoms with Gasteiger partial charge in [-0.3, -0.25) is 9.59 Å². The third kappa shape index (κ3) is 6.65. The first kappa shape index (κ1) is 21.4. The minimum absolute atomic E-state index is 0.0541. The fourth-order valence-corrected chi connectivity index (χ4v) is 4.33. The lowest BCUT2D eigenvalue weighted by Gasteiger charge is -2.16. The number of hydrogen-bond acceptors (Lipinski definition) is 6. The van der Waals surface area contributed by atoms with Gasteiger partial charge in [0, 0.05) is 11.3 Å². The lowest BCUT2D eigenvalue weighted by atomic mass is 10.00. The fraction of sp³-hybridized carbons (Fsp3) is 0.650. The van der Waals surface area contributed by atoms with Crippen LogP contribution in [0.4, 0.5) is 0 Å². The molecule has 1 aliphatic carbocycles. The second-order valence-electron chi connectivity index (χ2n) is 6.60. The molecule has 7 heteroatoms. The van der Waals surface area contributed by atoms with Crippen molar-refractivity contribution in [2.75, 3.05) is 13.2 Å². The summed E-state index contributed by atoms with van der Waals surface area (Å²) in [6, 6.07) is 1.10. The van der Waals surface area contributed by atoms with E-state index in [0.717, 1.165) is 25.7 Å². The van der Waals surface area contributed by atoms with E-state index in [1.807, 2.05) is 6.07 Å². The molecule has 0 fully saturated rings. The highest BCUT2D eigenvalue weighted by molar-refractivity contribution is 7.14. The van der Waals surface area contributed by atoms with Gasteiger partial charge in [0.2, 0.25) is 0 Å². The van der Waals surface area contributed by atoms with Crippen LogP contribution in [0.25, 0.3) is 0 Å². The Bertz CT molecular complexity index is 629. The van der Waals surface area contributed by atoms with Crippen LogP contribution in [0, 0.1) is 0 Å². The molecule has 1 N–H and O–H groups in total. The summed E-state index contributed by atoms with van der Waals surface area (Å²) in [5.41, 5.74) is 1.25. The molecule has 1 atom stereocenters. The van der Waals surface area contributed by atoms with Crippen LogP contribution in [0.5, 0.6) is 0 Å². The minimum Gasteiger partial charge on any atom is -0.466 e. The number of carbonyl (C=O) groups excluding carboxylic acids is 3. The third-order valence-electron chi connectivity index (χ3n) is 4.54. The van der Waals surface area contributed by atoms with Gasteiger partial charge < -0.3 is 14.8 Å². The molecule has 1 amide bonds. The summed E-state index contributed by atoms with van der Waals surface area (Å²) in [7, 11) is 0. The number of nitrogens with one attached hydrogen (secondary N) is 1. The van der Waals surface area contributed by atoms with E-state index in [4.69, 9.17) is 9.47 Å². The molecule has 1 aromatic rings. The van der Waals surface area contributed by atoms with Crippen LogP contribution in [0.15, 0.2) is 6.07 Å². The van der Waals surface area contributed by atoms with E-state index in [0.29, 0.717) is 4.88 Å². The number of fused-ring (bicyclic) bond motifs is 1. The Hall–Kier alpha value is -1.89. The number of hydrogen-bond donors (Lipinski definition) is 1. The van der Waals surface area contributed by atoms with Crippen molar-refractivity contribution in [2.45, 2.75) is 71.3 Å². The second-order valence-corrected chi connectivity index (χ2v) is 7.73. The highest BCUT2D eigenvalue weighted by Gasteiger charge is 2.25. The van der Waals surface area contributed by atoms with Crippen LogP contribution in [-0.2, 0) is 31.9 Å². The van der Waals surface area contributed by atoms with Gasteiger partial charge >= 0.3 is 11.9 Å². The molecule has 0 aromatic carbocycles. The van der Waals surface area contributed by atoms with Crippen LogP contribution in [0.3, 0.4) is 0 Å². The summed E-state index contributed by atoms with van der Waals surface area (Å²) >= 11 is 1.51. The molecule has 0 saturated carbocycles. The zero-order chi connectivity index (χ0) is 19.6. The van der Waals surface area contributed by atoms with Crippen LogP contribution < -0.4 is 5.32 Å². The number of rotatable bonds is 8. The Kier molecular flexibility index (Phi) is 8.78. The molecule has 0 unspecified atom stereocenters. The minimum atomic E-state index is -0.855. The van der Waals surface area contributed by atoms with Gasteiger partial charge in [-0.05, 0) is 57.6 Å². The molecule has 0 saturated heterocycles. The lowest BCUT2D eigenvalue weighted by molar-refractivity contribution is -0.146. The Balaban J connectivity index is 2.04. The molecule has 27 heavy (non-hydrogen) atoms. The van der Waals surface area contributed by atoms with Crippen molar-refractivity contribution in [1.82, 2.24) is 5.32 Å². The molecular weight excluding hydrogens is 366 g/mol. The molecule has 0 radical (unpaired) electrons. The van der Waals surface area contributed by atoms with Crippen molar-refractivity contribution >= 4 is 29.2 Å². The lowest BCUT2D eigenvalue weighted by Crippen LogP contribution is -2.42. The van der Waals surface area contributed by atoms with Gasteiger partial charge in [0.05, 0.1) is 18.1 Å². The first-order chi connectivity index (χ1) is 13.0. The van der Waals surface area contributed by atoms with E-state index >= 15 is 0 Å². The molecule has 1 heterocycles. The molecule has 1 aliphatic rings. The maximum atomic E-state index is 12.7. The molecule has 1 aromatic heterocycles. The predicted molar refractivity (Wildman–Crippen MR) is 104 cm³/mol. The van der Waals surface area contributed by atoms with Crippen LogP contribution in [-0.4, -0.2) is 37.1 Å². The van der Waals surface area contributed by atoms with Crippen molar-refractivity contribution in [3.8, 4) is 0 Å².